The van der Waals surface area contributed by atoms with Gasteiger partial charge in [0.15, 0.2) is 0 Å². The number of pyridine rings is 1. The van der Waals surface area contributed by atoms with Gasteiger partial charge in [-0.05, 0) is 48.4 Å². The number of unbranched alkanes of at least 4 members (excludes halogenated alkanes) is 1. The van der Waals surface area contributed by atoms with Crippen LogP contribution in [0.1, 0.15) is 37.0 Å². The summed E-state index contributed by atoms with van der Waals surface area (Å²) in [6, 6.07) is 22.6. The summed E-state index contributed by atoms with van der Waals surface area (Å²) in [5.74, 6) is 0.408. The highest BCUT2D eigenvalue weighted by Gasteiger charge is 2.22. The molecule has 0 aliphatic rings. The lowest BCUT2D eigenvalue weighted by atomic mass is 10.1. The van der Waals surface area contributed by atoms with Crippen LogP contribution in [0.2, 0.25) is 0 Å². The summed E-state index contributed by atoms with van der Waals surface area (Å²) in [6.45, 7) is 2.06. The van der Waals surface area contributed by atoms with Gasteiger partial charge in [-0.1, -0.05) is 49.7 Å². The number of carbonyl (C=O) groups is 2. The SMILES string of the molecule is CCCCC(=O)Nc1ccc(SC(C(=O)Nc2ccccn2)c2ccccc2)cc1. The van der Waals surface area contributed by atoms with Gasteiger partial charge in [-0.2, -0.15) is 0 Å². The third-order valence-electron chi connectivity index (χ3n) is 4.41. The zero-order chi connectivity index (χ0) is 21.2. The maximum Gasteiger partial charge on any atom is 0.243 e. The van der Waals surface area contributed by atoms with E-state index in [4.69, 9.17) is 0 Å². The second kappa shape index (κ2) is 11.2. The van der Waals surface area contributed by atoms with E-state index in [2.05, 4.69) is 22.5 Å². The number of hydrogen-bond donors (Lipinski definition) is 2. The third kappa shape index (κ3) is 6.46. The topological polar surface area (TPSA) is 71.1 Å². The van der Waals surface area contributed by atoms with Crippen molar-refractivity contribution < 1.29 is 9.59 Å². The first-order valence-electron chi connectivity index (χ1n) is 9.99. The fourth-order valence-electron chi connectivity index (χ4n) is 2.84. The molecule has 1 unspecified atom stereocenters. The van der Waals surface area contributed by atoms with Crippen LogP contribution < -0.4 is 10.6 Å². The predicted octanol–water partition coefficient (Wildman–Crippen LogP) is 5.68. The highest BCUT2D eigenvalue weighted by Crippen LogP contribution is 2.36. The highest BCUT2D eigenvalue weighted by molar-refractivity contribution is 8.00. The molecule has 0 aliphatic heterocycles. The molecule has 5 nitrogen and oxygen atoms in total. The maximum atomic E-state index is 13.0. The number of amides is 2. The van der Waals surface area contributed by atoms with Crippen molar-refractivity contribution in [2.75, 3.05) is 10.6 Å². The van der Waals surface area contributed by atoms with Crippen molar-refractivity contribution >= 4 is 35.1 Å². The molecule has 1 aromatic heterocycles. The molecule has 154 valence electrons. The number of benzene rings is 2. The first-order valence-corrected chi connectivity index (χ1v) is 10.9. The van der Waals surface area contributed by atoms with Crippen LogP contribution in [0.25, 0.3) is 0 Å². The van der Waals surface area contributed by atoms with Crippen LogP contribution in [0.5, 0.6) is 0 Å². The van der Waals surface area contributed by atoms with Crippen LogP contribution in [-0.2, 0) is 9.59 Å². The van der Waals surface area contributed by atoms with Crippen molar-refractivity contribution in [2.24, 2.45) is 0 Å². The molecule has 2 N–H and O–H groups in total. The Morgan fingerprint density at radius 1 is 0.933 bits per heavy atom. The Labute approximate surface area is 181 Å². The standard InChI is InChI=1S/C24H25N3O2S/c1-2-3-12-22(28)26-19-13-15-20(16-14-19)30-23(18-9-5-4-6-10-18)24(29)27-21-11-7-8-17-25-21/h4-11,13-17,23H,2-3,12H2,1H3,(H,26,28)(H,25,27,29). The Morgan fingerprint density at radius 3 is 2.33 bits per heavy atom. The maximum absolute atomic E-state index is 13.0. The highest BCUT2D eigenvalue weighted by atomic mass is 32.2. The van der Waals surface area contributed by atoms with E-state index in [-0.39, 0.29) is 11.8 Å². The van der Waals surface area contributed by atoms with Crippen molar-refractivity contribution in [3.8, 4) is 0 Å². The van der Waals surface area contributed by atoms with Gasteiger partial charge in [0.2, 0.25) is 11.8 Å². The lowest BCUT2D eigenvalue weighted by molar-refractivity contribution is -0.116. The third-order valence-corrected chi connectivity index (χ3v) is 5.67. The molecule has 0 fully saturated rings. The van der Waals surface area contributed by atoms with E-state index in [0.717, 1.165) is 29.0 Å². The molecule has 0 spiro atoms. The van der Waals surface area contributed by atoms with Gasteiger partial charge in [-0.15, -0.1) is 11.8 Å². The molecule has 1 atom stereocenters. The molecule has 2 amide bonds. The van der Waals surface area contributed by atoms with Crippen LogP contribution in [0.3, 0.4) is 0 Å². The minimum absolute atomic E-state index is 0.0224. The number of nitrogens with zero attached hydrogens (tertiary/aromatic N) is 1. The average Bonchev–Trinajstić information content (AvgIpc) is 2.78. The Kier molecular flexibility index (Phi) is 8.03. The summed E-state index contributed by atoms with van der Waals surface area (Å²) < 4.78 is 0. The minimum Gasteiger partial charge on any atom is -0.326 e. The van der Waals surface area contributed by atoms with Crippen molar-refractivity contribution in [3.05, 3.63) is 84.6 Å². The lowest BCUT2D eigenvalue weighted by Crippen LogP contribution is -2.19. The number of hydrogen-bond acceptors (Lipinski definition) is 4. The van der Waals surface area contributed by atoms with E-state index in [1.165, 1.54) is 11.8 Å². The summed E-state index contributed by atoms with van der Waals surface area (Å²) in [7, 11) is 0. The summed E-state index contributed by atoms with van der Waals surface area (Å²) in [5, 5.41) is 5.37. The van der Waals surface area contributed by atoms with Gasteiger partial charge in [0, 0.05) is 23.2 Å². The molecule has 30 heavy (non-hydrogen) atoms. The summed E-state index contributed by atoms with van der Waals surface area (Å²) >= 11 is 1.46. The lowest BCUT2D eigenvalue weighted by Gasteiger charge is -2.17. The van der Waals surface area contributed by atoms with Gasteiger partial charge in [-0.3, -0.25) is 9.59 Å². The summed E-state index contributed by atoms with van der Waals surface area (Å²) in [4.78, 5) is 30.0. The van der Waals surface area contributed by atoms with E-state index in [1.54, 1.807) is 12.3 Å². The van der Waals surface area contributed by atoms with Crippen molar-refractivity contribution in [1.82, 2.24) is 4.98 Å². The van der Waals surface area contributed by atoms with E-state index in [1.807, 2.05) is 66.7 Å². The van der Waals surface area contributed by atoms with Gasteiger partial charge in [0.05, 0.1) is 0 Å². The molecule has 6 heteroatoms. The van der Waals surface area contributed by atoms with E-state index < -0.39 is 5.25 Å². The molecule has 1 heterocycles. The first kappa shape index (κ1) is 21.6. The largest absolute Gasteiger partial charge is 0.326 e. The van der Waals surface area contributed by atoms with Gasteiger partial charge < -0.3 is 10.6 Å². The minimum atomic E-state index is -0.432. The predicted molar refractivity (Wildman–Crippen MR) is 123 cm³/mol. The molecule has 0 saturated carbocycles. The summed E-state index contributed by atoms with van der Waals surface area (Å²) in [5.41, 5.74) is 1.67. The van der Waals surface area contributed by atoms with E-state index >= 15 is 0 Å². The van der Waals surface area contributed by atoms with Crippen molar-refractivity contribution in [3.63, 3.8) is 0 Å². The zero-order valence-electron chi connectivity index (χ0n) is 16.9. The van der Waals surface area contributed by atoms with Gasteiger partial charge in [-0.25, -0.2) is 4.98 Å². The second-order valence-electron chi connectivity index (χ2n) is 6.79. The zero-order valence-corrected chi connectivity index (χ0v) is 17.7. The van der Waals surface area contributed by atoms with E-state index in [0.29, 0.717) is 12.2 Å². The molecule has 2 aromatic carbocycles. The Hall–Kier alpha value is -3.12. The van der Waals surface area contributed by atoms with Gasteiger partial charge in [0.1, 0.15) is 11.1 Å². The number of carbonyl (C=O) groups excluding carboxylic acids is 2. The van der Waals surface area contributed by atoms with Gasteiger partial charge in [0.25, 0.3) is 0 Å². The Morgan fingerprint density at radius 2 is 1.67 bits per heavy atom. The molecule has 0 radical (unpaired) electrons. The number of thioether (sulfide) groups is 1. The van der Waals surface area contributed by atoms with Crippen LogP contribution in [0.15, 0.2) is 83.9 Å². The Bertz CT molecular complexity index is 947. The fraction of sp³-hybridized carbons (Fsp3) is 0.208. The Balaban J connectivity index is 1.71. The van der Waals surface area contributed by atoms with Crippen molar-refractivity contribution in [1.29, 1.82) is 0 Å². The smallest absolute Gasteiger partial charge is 0.243 e. The molecule has 3 aromatic rings. The van der Waals surface area contributed by atoms with Crippen LogP contribution in [0, 0.1) is 0 Å². The van der Waals surface area contributed by atoms with Crippen LogP contribution in [-0.4, -0.2) is 16.8 Å². The van der Waals surface area contributed by atoms with Gasteiger partial charge >= 0.3 is 0 Å². The van der Waals surface area contributed by atoms with Crippen LogP contribution in [0.4, 0.5) is 11.5 Å². The molecular formula is C24H25N3O2S. The number of nitrogens with one attached hydrogen (secondary N) is 2. The number of anilines is 2. The molecule has 3 rings (SSSR count). The second-order valence-corrected chi connectivity index (χ2v) is 7.97. The quantitative estimate of drug-likeness (QED) is 0.438. The fourth-order valence-corrected chi connectivity index (χ4v) is 3.87. The number of rotatable bonds is 9. The number of aromatic nitrogens is 1. The summed E-state index contributed by atoms with van der Waals surface area (Å²) in [6.07, 6.45) is 4.04. The molecule has 0 bridgehead atoms. The normalized spacial score (nSPS) is 11.5. The molecule has 0 aliphatic carbocycles. The first-order chi connectivity index (χ1) is 14.7. The monoisotopic (exact) mass is 419 g/mol. The molecular weight excluding hydrogens is 394 g/mol. The van der Waals surface area contributed by atoms with Crippen molar-refractivity contribution in [2.45, 2.75) is 36.3 Å². The van der Waals surface area contributed by atoms with Crippen LogP contribution >= 0.6 is 11.8 Å². The average molecular weight is 420 g/mol. The molecule has 0 saturated heterocycles. The van der Waals surface area contributed by atoms with E-state index in [9.17, 15) is 9.59 Å².